The molecule has 0 spiro atoms. The normalized spacial score (nSPS) is 23.8. The summed E-state index contributed by atoms with van der Waals surface area (Å²) in [5.74, 6) is 0.0147. The lowest BCUT2D eigenvalue weighted by Crippen LogP contribution is -2.48. The summed E-state index contributed by atoms with van der Waals surface area (Å²) in [6.45, 7) is 9.62. The molecule has 0 unspecified atom stereocenters. The van der Waals surface area contributed by atoms with Gasteiger partial charge in [0.2, 0.25) is 5.60 Å². The first-order valence-corrected chi connectivity index (χ1v) is 12.7. The molecule has 1 saturated heterocycles. The van der Waals surface area contributed by atoms with Crippen LogP contribution in [0.5, 0.6) is 5.75 Å². The van der Waals surface area contributed by atoms with E-state index in [1.807, 2.05) is 58.9 Å². The lowest BCUT2D eigenvalue weighted by molar-refractivity contribution is -0.184. The van der Waals surface area contributed by atoms with Gasteiger partial charge in [0.15, 0.2) is 5.43 Å². The number of rotatable bonds is 7. The smallest absolute Gasteiger partial charge is 0.351 e. The molecule has 1 saturated carbocycles. The van der Waals surface area contributed by atoms with Crippen molar-refractivity contribution in [2.75, 3.05) is 0 Å². The number of hydrogen-bond acceptors (Lipinski definition) is 7. The van der Waals surface area contributed by atoms with Crippen LogP contribution in [0.1, 0.15) is 63.0 Å². The standard InChI is InChI=1S/C30H32O7/c1-6-20-15-23(31)21-10-11-24(34-16-19-9-7-8-18(2)14-19)22(25(21)36-20)17-35-27(33)30-13-12-29(5,26(32)37-30)28(30,3)4/h7-11,14-15H,6,12-13,16-17H2,1-5H3/t29-,30+/m0/s1. The fourth-order valence-electron chi connectivity index (χ4n) is 5.67. The molecule has 3 aromatic rings. The summed E-state index contributed by atoms with van der Waals surface area (Å²) in [7, 11) is 0. The predicted octanol–water partition coefficient (Wildman–Crippen LogP) is 5.41. The quantitative estimate of drug-likeness (QED) is 0.397. The van der Waals surface area contributed by atoms with E-state index in [9.17, 15) is 14.4 Å². The third-order valence-electron chi connectivity index (χ3n) is 8.59. The second-order valence-corrected chi connectivity index (χ2v) is 10.9. The molecule has 7 heteroatoms. The van der Waals surface area contributed by atoms with Gasteiger partial charge in [-0.1, -0.05) is 50.6 Å². The Hall–Kier alpha value is -3.61. The van der Waals surface area contributed by atoms with Gasteiger partial charge in [0.25, 0.3) is 0 Å². The molecule has 0 radical (unpaired) electrons. The highest BCUT2D eigenvalue weighted by Crippen LogP contribution is 2.65. The van der Waals surface area contributed by atoms with Gasteiger partial charge in [-0.3, -0.25) is 9.59 Å². The van der Waals surface area contributed by atoms with Crippen LogP contribution in [-0.4, -0.2) is 17.5 Å². The summed E-state index contributed by atoms with van der Waals surface area (Å²) in [4.78, 5) is 38.9. The molecule has 37 heavy (non-hydrogen) atoms. The summed E-state index contributed by atoms with van der Waals surface area (Å²) in [5.41, 5.74) is -0.0937. The maximum Gasteiger partial charge on any atom is 0.351 e. The Bertz CT molecular complexity index is 1470. The molecule has 5 rings (SSSR count). The molecular formula is C30H32O7. The van der Waals surface area contributed by atoms with Crippen LogP contribution in [0.15, 0.2) is 51.7 Å². The van der Waals surface area contributed by atoms with Gasteiger partial charge in [-0.05, 0) is 44.4 Å². The topological polar surface area (TPSA) is 92.0 Å². The highest BCUT2D eigenvalue weighted by Gasteiger charge is 2.76. The number of carbonyl (C=O) groups excluding carboxylic acids is 2. The second kappa shape index (κ2) is 8.75. The molecule has 2 fully saturated rings. The monoisotopic (exact) mass is 504 g/mol. The van der Waals surface area contributed by atoms with Crippen molar-refractivity contribution in [2.45, 2.75) is 72.7 Å². The van der Waals surface area contributed by atoms with Crippen LogP contribution in [0.4, 0.5) is 0 Å². The summed E-state index contributed by atoms with van der Waals surface area (Å²) >= 11 is 0. The molecule has 2 bridgehead atoms. The molecule has 1 aliphatic carbocycles. The summed E-state index contributed by atoms with van der Waals surface area (Å²) in [6, 6.07) is 12.8. The van der Waals surface area contributed by atoms with Gasteiger partial charge >= 0.3 is 11.9 Å². The van der Waals surface area contributed by atoms with Gasteiger partial charge < -0.3 is 18.6 Å². The maximum absolute atomic E-state index is 13.5. The minimum atomic E-state index is -1.35. The predicted molar refractivity (Wildman–Crippen MR) is 137 cm³/mol. The van der Waals surface area contributed by atoms with Gasteiger partial charge in [0.1, 0.15) is 30.3 Å². The first-order valence-electron chi connectivity index (χ1n) is 12.7. The van der Waals surface area contributed by atoms with E-state index in [1.165, 1.54) is 6.07 Å². The van der Waals surface area contributed by atoms with Crippen LogP contribution in [-0.2, 0) is 38.7 Å². The van der Waals surface area contributed by atoms with Crippen molar-refractivity contribution in [3.63, 3.8) is 0 Å². The fraction of sp³-hybridized carbons (Fsp3) is 0.433. The number of esters is 2. The van der Waals surface area contributed by atoms with E-state index in [1.54, 1.807) is 12.1 Å². The van der Waals surface area contributed by atoms with E-state index in [0.717, 1.165) is 11.1 Å². The van der Waals surface area contributed by atoms with Crippen LogP contribution in [0.3, 0.4) is 0 Å². The van der Waals surface area contributed by atoms with Crippen molar-refractivity contribution < 1.29 is 28.2 Å². The molecule has 2 heterocycles. The number of hydrogen-bond donors (Lipinski definition) is 0. The molecule has 194 valence electrons. The minimum absolute atomic E-state index is 0.174. The first-order chi connectivity index (χ1) is 17.5. The van der Waals surface area contributed by atoms with E-state index < -0.39 is 22.4 Å². The zero-order chi connectivity index (χ0) is 26.6. The number of carbonyl (C=O) groups is 2. The van der Waals surface area contributed by atoms with E-state index in [-0.39, 0.29) is 18.0 Å². The average molecular weight is 505 g/mol. The van der Waals surface area contributed by atoms with Crippen molar-refractivity contribution in [1.29, 1.82) is 0 Å². The van der Waals surface area contributed by atoms with Gasteiger partial charge in [-0.15, -0.1) is 0 Å². The first kappa shape index (κ1) is 25.1. The molecular weight excluding hydrogens is 472 g/mol. The van der Waals surface area contributed by atoms with Crippen LogP contribution in [0.2, 0.25) is 0 Å². The van der Waals surface area contributed by atoms with Crippen molar-refractivity contribution in [1.82, 2.24) is 0 Å². The van der Waals surface area contributed by atoms with Crippen molar-refractivity contribution in [3.05, 3.63) is 75.1 Å². The summed E-state index contributed by atoms with van der Waals surface area (Å²) in [5, 5.41) is 0.380. The van der Waals surface area contributed by atoms with Crippen LogP contribution < -0.4 is 10.2 Å². The molecule has 2 aromatic carbocycles. The van der Waals surface area contributed by atoms with Crippen LogP contribution in [0.25, 0.3) is 11.0 Å². The lowest BCUT2D eigenvalue weighted by atomic mass is 9.66. The maximum atomic E-state index is 13.5. The number of ether oxygens (including phenoxy) is 3. The van der Waals surface area contributed by atoms with Crippen molar-refractivity contribution >= 4 is 22.9 Å². The van der Waals surface area contributed by atoms with Crippen LogP contribution >= 0.6 is 0 Å². The van der Waals surface area contributed by atoms with Crippen molar-refractivity contribution in [2.24, 2.45) is 10.8 Å². The Morgan fingerprint density at radius 1 is 1.03 bits per heavy atom. The largest absolute Gasteiger partial charge is 0.488 e. The lowest BCUT2D eigenvalue weighted by Gasteiger charge is -2.34. The van der Waals surface area contributed by atoms with Crippen molar-refractivity contribution in [3.8, 4) is 5.75 Å². The van der Waals surface area contributed by atoms with E-state index >= 15 is 0 Å². The molecule has 1 aromatic heterocycles. The Balaban J connectivity index is 1.50. The second-order valence-electron chi connectivity index (χ2n) is 10.9. The SMILES string of the molecule is CCc1cc(=O)c2ccc(OCc3cccc(C)c3)c(COC(=O)[C@@]34CC[C@@](C)(C(=O)O3)C4(C)C)c2o1. The third-order valence-corrected chi connectivity index (χ3v) is 8.59. The highest BCUT2D eigenvalue weighted by atomic mass is 16.6. The molecule has 2 atom stereocenters. The van der Waals surface area contributed by atoms with Gasteiger partial charge in [0.05, 0.1) is 16.4 Å². The van der Waals surface area contributed by atoms with E-state index in [0.29, 0.717) is 53.9 Å². The highest BCUT2D eigenvalue weighted by molar-refractivity contribution is 5.93. The third kappa shape index (κ3) is 3.74. The zero-order valence-corrected chi connectivity index (χ0v) is 21.9. The fourth-order valence-corrected chi connectivity index (χ4v) is 5.67. The molecule has 0 amide bonds. The zero-order valence-electron chi connectivity index (χ0n) is 21.9. The number of benzene rings is 2. The van der Waals surface area contributed by atoms with Gasteiger partial charge in [-0.2, -0.15) is 0 Å². The van der Waals surface area contributed by atoms with E-state index in [4.69, 9.17) is 18.6 Å². The Labute approximate surface area is 215 Å². The van der Waals surface area contributed by atoms with Gasteiger partial charge in [-0.25, -0.2) is 4.79 Å². The number of aryl methyl sites for hydroxylation is 2. The Morgan fingerprint density at radius 3 is 2.46 bits per heavy atom. The van der Waals surface area contributed by atoms with Crippen LogP contribution in [0, 0.1) is 17.8 Å². The average Bonchev–Trinajstić information content (AvgIpc) is 3.16. The Morgan fingerprint density at radius 2 is 1.81 bits per heavy atom. The molecule has 0 N–H and O–H groups in total. The van der Waals surface area contributed by atoms with E-state index in [2.05, 4.69) is 0 Å². The van der Waals surface area contributed by atoms with Gasteiger partial charge in [0, 0.05) is 17.9 Å². The molecule has 7 nitrogen and oxygen atoms in total. The Kier molecular flexibility index (Phi) is 5.93. The molecule has 2 aliphatic rings. The number of fused-ring (bicyclic) bond motifs is 3. The summed E-state index contributed by atoms with van der Waals surface area (Å²) in [6.07, 6.45) is 1.49. The molecule has 1 aliphatic heterocycles. The minimum Gasteiger partial charge on any atom is -0.488 e. The summed E-state index contributed by atoms with van der Waals surface area (Å²) < 4.78 is 23.7.